The van der Waals surface area contributed by atoms with Crippen molar-refractivity contribution in [3.63, 3.8) is 0 Å². The number of carbonyl (C=O) groups is 1. The molecule has 0 saturated heterocycles. The largest absolute Gasteiger partial charge is 0.461 e. The van der Waals surface area contributed by atoms with E-state index < -0.39 is 0 Å². The number of hydrogen-bond donors (Lipinski definition) is 1. The van der Waals surface area contributed by atoms with Crippen molar-refractivity contribution in [1.29, 1.82) is 0 Å². The minimum atomic E-state index is -0.325. The highest BCUT2D eigenvalue weighted by Crippen LogP contribution is 2.24. The van der Waals surface area contributed by atoms with Crippen LogP contribution in [-0.4, -0.2) is 12.6 Å². The second-order valence-electron chi connectivity index (χ2n) is 6.22. The molecule has 0 amide bonds. The number of benzene rings is 2. The van der Waals surface area contributed by atoms with Crippen LogP contribution in [0.4, 0.5) is 5.69 Å². The van der Waals surface area contributed by atoms with Crippen molar-refractivity contribution in [2.75, 3.05) is 11.9 Å². The van der Waals surface area contributed by atoms with Gasteiger partial charge in [0.05, 0.1) is 6.61 Å². The average Bonchev–Trinajstić information content (AvgIpc) is 2.61. The van der Waals surface area contributed by atoms with Crippen LogP contribution < -0.4 is 5.32 Å². The monoisotopic (exact) mass is 337 g/mol. The molecule has 1 atom stereocenters. The third-order valence-electron chi connectivity index (χ3n) is 4.14. The van der Waals surface area contributed by atoms with Crippen LogP contribution in [0, 0.1) is 13.8 Å². The van der Waals surface area contributed by atoms with Gasteiger partial charge in [0.15, 0.2) is 0 Å². The lowest BCUT2D eigenvalue weighted by atomic mass is 9.94. The van der Waals surface area contributed by atoms with Crippen LogP contribution in [0.2, 0.25) is 0 Å². The van der Waals surface area contributed by atoms with E-state index in [0.717, 1.165) is 12.1 Å². The summed E-state index contributed by atoms with van der Waals surface area (Å²) in [7, 11) is 0. The lowest BCUT2D eigenvalue weighted by Crippen LogP contribution is -2.16. The van der Waals surface area contributed by atoms with E-state index in [0.29, 0.717) is 12.3 Å². The van der Waals surface area contributed by atoms with Gasteiger partial charge in [0.1, 0.15) is 5.70 Å². The lowest BCUT2D eigenvalue weighted by Gasteiger charge is -2.16. The number of aryl methyl sites for hydroxylation is 2. The summed E-state index contributed by atoms with van der Waals surface area (Å²) in [5.41, 5.74) is 4.96. The first-order chi connectivity index (χ1) is 12.0. The number of esters is 1. The van der Waals surface area contributed by atoms with Crippen molar-refractivity contribution in [2.24, 2.45) is 0 Å². The highest BCUT2D eigenvalue weighted by Gasteiger charge is 2.15. The summed E-state index contributed by atoms with van der Waals surface area (Å²) in [5, 5.41) is 3.22. The van der Waals surface area contributed by atoms with E-state index in [1.807, 2.05) is 44.2 Å². The first-order valence-electron chi connectivity index (χ1n) is 8.82. The number of carbonyl (C=O) groups excluding carboxylic acids is 1. The Kier molecular flexibility index (Phi) is 6.81. The smallest absolute Gasteiger partial charge is 0.354 e. The summed E-state index contributed by atoms with van der Waals surface area (Å²) in [5.74, 6) is -0.174. The Morgan fingerprint density at radius 1 is 1.00 bits per heavy atom. The molecule has 3 nitrogen and oxygen atoms in total. The Morgan fingerprint density at radius 2 is 1.56 bits per heavy atom. The number of rotatable bonds is 7. The Balaban J connectivity index is 2.31. The van der Waals surface area contributed by atoms with Crippen LogP contribution in [0.15, 0.2) is 60.3 Å². The minimum Gasteiger partial charge on any atom is -0.461 e. The molecule has 1 N–H and O–H groups in total. The molecular weight excluding hydrogens is 310 g/mol. The van der Waals surface area contributed by atoms with E-state index in [-0.39, 0.29) is 11.9 Å². The summed E-state index contributed by atoms with van der Waals surface area (Å²) in [6.45, 7) is 8.40. The van der Waals surface area contributed by atoms with Crippen LogP contribution >= 0.6 is 0 Å². The molecule has 0 aliphatic carbocycles. The summed E-state index contributed by atoms with van der Waals surface area (Å²) in [4.78, 5) is 12.4. The Bertz CT molecular complexity index is 715. The Labute approximate surface area is 150 Å². The van der Waals surface area contributed by atoms with E-state index >= 15 is 0 Å². The Hall–Kier alpha value is -2.55. The van der Waals surface area contributed by atoms with Gasteiger partial charge >= 0.3 is 5.97 Å². The molecular formula is C22H27NO2. The molecule has 0 unspecified atom stereocenters. The highest BCUT2D eigenvalue weighted by atomic mass is 16.5. The Morgan fingerprint density at radius 3 is 2.08 bits per heavy atom. The van der Waals surface area contributed by atoms with Gasteiger partial charge in [-0.25, -0.2) is 4.79 Å². The third kappa shape index (κ3) is 5.49. The van der Waals surface area contributed by atoms with Gasteiger partial charge in [-0.05, 0) is 51.0 Å². The van der Waals surface area contributed by atoms with E-state index in [4.69, 9.17) is 4.74 Å². The number of anilines is 1. The van der Waals surface area contributed by atoms with Crippen molar-refractivity contribution in [1.82, 2.24) is 0 Å². The van der Waals surface area contributed by atoms with Crippen LogP contribution in [0.1, 0.15) is 42.9 Å². The van der Waals surface area contributed by atoms with Crippen molar-refractivity contribution in [3.05, 3.63) is 77.0 Å². The SMILES string of the molecule is CCOC(=O)/C(=C/[C@H](CC)c1ccc(C)cc1)Nc1ccc(C)cc1. The molecule has 132 valence electrons. The van der Waals surface area contributed by atoms with E-state index in [9.17, 15) is 4.79 Å². The molecule has 0 aromatic heterocycles. The third-order valence-corrected chi connectivity index (χ3v) is 4.14. The van der Waals surface area contributed by atoms with Gasteiger partial charge in [0.2, 0.25) is 0 Å². The number of nitrogens with one attached hydrogen (secondary N) is 1. The van der Waals surface area contributed by atoms with Crippen LogP contribution in [0.25, 0.3) is 0 Å². The molecule has 0 fully saturated rings. The van der Waals surface area contributed by atoms with E-state index in [1.165, 1.54) is 16.7 Å². The van der Waals surface area contributed by atoms with Crippen molar-refractivity contribution in [2.45, 2.75) is 40.0 Å². The molecule has 0 aliphatic heterocycles. The summed E-state index contributed by atoms with van der Waals surface area (Å²) in [6.07, 6.45) is 2.88. The minimum absolute atomic E-state index is 0.151. The zero-order valence-electron chi connectivity index (χ0n) is 15.5. The van der Waals surface area contributed by atoms with Crippen molar-refractivity contribution >= 4 is 11.7 Å². The molecule has 0 spiro atoms. The number of hydrogen-bond acceptors (Lipinski definition) is 3. The van der Waals surface area contributed by atoms with E-state index in [1.54, 1.807) is 0 Å². The van der Waals surface area contributed by atoms with Gasteiger partial charge in [-0.15, -0.1) is 0 Å². The zero-order chi connectivity index (χ0) is 18.2. The number of allylic oxidation sites excluding steroid dienone is 1. The van der Waals surface area contributed by atoms with Crippen LogP contribution in [0.5, 0.6) is 0 Å². The molecule has 0 aliphatic rings. The first kappa shape index (κ1) is 18.8. The maximum absolute atomic E-state index is 12.4. The molecule has 0 radical (unpaired) electrons. The first-order valence-corrected chi connectivity index (χ1v) is 8.82. The summed E-state index contributed by atoms with van der Waals surface area (Å²) >= 11 is 0. The average molecular weight is 337 g/mol. The van der Waals surface area contributed by atoms with Crippen LogP contribution in [-0.2, 0) is 9.53 Å². The second kappa shape index (κ2) is 9.07. The topological polar surface area (TPSA) is 38.3 Å². The highest BCUT2D eigenvalue weighted by molar-refractivity contribution is 5.92. The molecule has 3 heteroatoms. The summed E-state index contributed by atoms with van der Waals surface area (Å²) in [6, 6.07) is 16.4. The van der Waals surface area contributed by atoms with Gasteiger partial charge in [0, 0.05) is 11.6 Å². The molecule has 2 aromatic rings. The number of ether oxygens (including phenoxy) is 1. The zero-order valence-corrected chi connectivity index (χ0v) is 15.5. The van der Waals surface area contributed by atoms with Gasteiger partial charge in [-0.2, -0.15) is 0 Å². The molecule has 0 heterocycles. The fraction of sp³-hybridized carbons (Fsp3) is 0.318. The van der Waals surface area contributed by atoms with Gasteiger partial charge in [-0.1, -0.05) is 54.4 Å². The molecule has 25 heavy (non-hydrogen) atoms. The summed E-state index contributed by atoms with van der Waals surface area (Å²) < 4.78 is 5.23. The molecule has 0 bridgehead atoms. The van der Waals surface area contributed by atoms with Crippen molar-refractivity contribution in [3.8, 4) is 0 Å². The van der Waals surface area contributed by atoms with Gasteiger partial charge < -0.3 is 10.1 Å². The normalized spacial score (nSPS) is 12.6. The molecule has 0 saturated carbocycles. The van der Waals surface area contributed by atoms with Gasteiger partial charge in [-0.3, -0.25) is 0 Å². The van der Waals surface area contributed by atoms with Gasteiger partial charge in [0.25, 0.3) is 0 Å². The van der Waals surface area contributed by atoms with Crippen LogP contribution in [0.3, 0.4) is 0 Å². The predicted octanol–water partition coefficient (Wildman–Crippen LogP) is 5.36. The maximum Gasteiger partial charge on any atom is 0.354 e. The van der Waals surface area contributed by atoms with Crippen molar-refractivity contribution < 1.29 is 9.53 Å². The molecule has 2 rings (SSSR count). The standard InChI is InChI=1S/C22H27NO2/c1-5-18(19-11-7-16(3)8-12-19)15-21(22(24)25-6-2)23-20-13-9-17(4)10-14-20/h7-15,18,23H,5-6H2,1-4H3/b21-15-/t18-/m0/s1. The molecule has 2 aromatic carbocycles. The fourth-order valence-corrected chi connectivity index (χ4v) is 2.63. The fourth-order valence-electron chi connectivity index (χ4n) is 2.63. The van der Waals surface area contributed by atoms with E-state index in [2.05, 4.69) is 43.4 Å². The maximum atomic E-state index is 12.4. The predicted molar refractivity (Wildman–Crippen MR) is 104 cm³/mol. The quantitative estimate of drug-likeness (QED) is 0.546. The second-order valence-corrected chi connectivity index (χ2v) is 6.22. The lowest BCUT2D eigenvalue weighted by molar-refractivity contribution is -0.138.